The topological polar surface area (TPSA) is 99.0 Å². The highest BCUT2D eigenvalue weighted by molar-refractivity contribution is 6.31. The number of anilines is 1. The Kier molecular flexibility index (Phi) is 2.83. The highest BCUT2D eigenvalue weighted by Gasteiger charge is 2.16. The predicted molar refractivity (Wildman–Crippen MR) is 76.6 cm³/mol. The first-order valence-corrected chi connectivity index (χ1v) is 6.05. The second kappa shape index (κ2) is 4.53. The van der Waals surface area contributed by atoms with Crippen molar-refractivity contribution in [3.05, 3.63) is 34.5 Å². The van der Waals surface area contributed by atoms with Crippen LogP contribution in [0.5, 0.6) is 0 Å². The zero-order valence-corrected chi connectivity index (χ0v) is 11.2. The van der Waals surface area contributed by atoms with Gasteiger partial charge in [0.1, 0.15) is 23.5 Å². The molecule has 0 aliphatic carbocycles. The Hall–Kier alpha value is -2.54. The molecule has 1 aromatic carbocycles. The van der Waals surface area contributed by atoms with Gasteiger partial charge in [-0.25, -0.2) is 14.6 Å². The monoisotopic (exact) mass is 288 g/mol. The Bertz CT molecular complexity index is 828. The number of fused-ring (bicyclic) bond motifs is 1. The van der Waals surface area contributed by atoms with Crippen molar-refractivity contribution in [2.24, 2.45) is 12.2 Å². The lowest BCUT2D eigenvalue weighted by Crippen LogP contribution is -1.95. The number of hydrogen-bond acceptors (Lipinski definition) is 6. The van der Waals surface area contributed by atoms with E-state index in [0.29, 0.717) is 33.1 Å². The molecule has 0 amide bonds. The van der Waals surface area contributed by atoms with Gasteiger partial charge < -0.3 is 5.73 Å². The summed E-state index contributed by atoms with van der Waals surface area (Å²) in [5, 5.41) is 8.28. The number of nitroso groups, excluding NO2 is 1. The van der Waals surface area contributed by atoms with Gasteiger partial charge in [0.2, 0.25) is 0 Å². The minimum absolute atomic E-state index is 0.224. The van der Waals surface area contributed by atoms with Crippen LogP contribution in [0.3, 0.4) is 0 Å². The van der Waals surface area contributed by atoms with Gasteiger partial charge in [-0.3, -0.25) is 0 Å². The summed E-state index contributed by atoms with van der Waals surface area (Å²) in [7, 11) is 1.75. The fourth-order valence-corrected chi connectivity index (χ4v) is 2.30. The summed E-state index contributed by atoms with van der Waals surface area (Å²) in [4.78, 5) is 18.8. The lowest BCUT2D eigenvalue weighted by molar-refractivity contribution is 0.789. The van der Waals surface area contributed by atoms with Crippen molar-refractivity contribution < 1.29 is 0 Å². The molecule has 0 spiro atoms. The minimum atomic E-state index is 0.224. The van der Waals surface area contributed by atoms with Gasteiger partial charge in [-0.15, -0.1) is 4.91 Å². The van der Waals surface area contributed by atoms with E-state index in [1.54, 1.807) is 23.9 Å². The third-order valence-corrected chi connectivity index (χ3v) is 3.13. The van der Waals surface area contributed by atoms with Crippen LogP contribution in [0.25, 0.3) is 22.3 Å². The fraction of sp³-hybridized carbons (Fsp3) is 0.0833. The van der Waals surface area contributed by atoms with E-state index in [9.17, 15) is 4.91 Å². The Morgan fingerprint density at radius 3 is 2.85 bits per heavy atom. The first kappa shape index (κ1) is 12.5. The van der Waals surface area contributed by atoms with Crippen LogP contribution in [0, 0.1) is 4.91 Å². The number of nitrogens with zero attached hydrogens (tertiary/aromatic N) is 5. The van der Waals surface area contributed by atoms with Gasteiger partial charge in [0.15, 0.2) is 5.65 Å². The molecule has 2 N–H and O–H groups in total. The van der Waals surface area contributed by atoms with Crippen molar-refractivity contribution >= 4 is 34.1 Å². The standard InChI is InChI=1S/C12H9ClN6O/c1-19-12-9(11(14)15-5-16-12)10(17-19)6-2-7(13)4-8(3-6)18-20/h2-5H,1H3,(H2,14,15,16). The molecule has 0 radical (unpaired) electrons. The summed E-state index contributed by atoms with van der Waals surface area (Å²) < 4.78 is 1.59. The Morgan fingerprint density at radius 1 is 1.30 bits per heavy atom. The third kappa shape index (κ3) is 1.88. The number of nitrogen functional groups attached to an aromatic ring is 1. The van der Waals surface area contributed by atoms with Gasteiger partial charge in [0.05, 0.1) is 5.39 Å². The van der Waals surface area contributed by atoms with Crippen molar-refractivity contribution in [1.29, 1.82) is 0 Å². The number of aryl methyl sites for hydroxylation is 1. The molecule has 0 aliphatic rings. The van der Waals surface area contributed by atoms with Crippen LogP contribution in [-0.4, -0.2) is 19.7 Å². The minimum Gasteiger partial charge on any atom is -0.383 e. The summed E-state index contributed by atoms with van der Waals surface area (Å²) in [5.41, 5.74) is 7.92. The molecule has 3 rings (SSSR count). The van der Waals surface area contributed by atoms with E-state index in [1.165, 1.54) is 12.4 Å². The lowest BCUT2D eigenvalue weighted by atomic mass is 10.1. The van der Waals surface area contributed by atoms with E-state index in [4.69, 9.17) is 17.3 Å². The molecule has 0 bridgehead atoms. The van der Waals surface area contributed by atoms with Crippen LogP contribution >= 0.6 is 11.6 Å². The van der Waals surface area contributed by atoms with Crippen LogP contribution in [0.2, 0.25) is 5.02 Å². The number of hydrogen-bond donors (Lipinski definition) is 1. The summed E-state index contributed by atoms with van der Waals surface area (Å²) in [6.07, 6.45) is 1.37. The molecule has 2 aromatic heterocycles. The number of benzene rings is 1. The molecule has 8 heteroatoms. The van der Waals surface area contributed by atoms with E-state index in [0.717, 1.165) is 0 Å². The maximum absolute atomic E-state index is 10.7. The van der Waals surface area contributed by atoms with Crippen molar-refractivity contribution in [2.75, 3.05) is 5.73 Å². The van der Waals surface area contributed by atoms with Gasteiger partial charge >= 0.3 is 0 Å². The summed E-state index contributed by atoms with van der Waals surface area (Å²) in [5.74, 6) is 0.318. The van der Waals surface area contributed by atoms with Crippen molar-refractivity contribution in [2.45, 2.75) is 0 Å². The Labute approximate surface area is 118 Å². The smallest absolute Gasteiger partial charge is 0.163 e. The lowest BCUT2D eigenvalue weighted by Gasteiger charge is -2.01. The van der Waals surface area contributed by atoms with Gasteiger partial charge in [-0.1, -0.05) is 11.6 Å². The van der Waals surface area contributed by atoms with E-state index >= 15 is 0 Å². The average Bonchev–Trinajstić information content (AvgIpc) is 2.77. The van der Waals surface area contributed by atoms with Gasteiger partial charge in [0, 0.05) is 17.6 Å². The van der Waals surface area contributed by atoms with Gasteiger partial charge in [-0.05, 0) is 23.4 Å². The molecule has 0 unspecified atom stereocenters. The zero-order chi connectivity index (χ0) is 14.3. The molecule has 0 aliphatic heterocycles. The Balaban J connectivity index is 2.35. The van der Waals surface area contributed by atoms with Gasteiger partial charge in [0.25, 0.3) is 0 Å². The normalized spacial score (nSPS) is 10.9. The number of nitrogens with two attached hydrogens (primary N) is 1. The fourth-order valence-electron chi connectivity index (χ4n) is 2.07. The largest absolute Gasteiger partial charge is 0.383 e. The molecule has 3 aromatic rings. The first-order chi connectivity index (χ1) is 9.60. The number of rotatable bonds is 2. The molecule has 7 nitrogen and oxygen atoms in total. The maximum atomic E-state index is 10.7. The third-order valence-electron chi connectivity index (χ3n) is 2.91. The summed E-state index contributed by atoms with van der Waals surface area (Å²) in [6, 6.07) is 4.75. The molecule has 2 heterocycles. The molecular weight excluding hydrogens is 280 g/mol. The molecule has 0 fully saturated rings. The van der Waals surface area contributed by atoms with Crippen LogP contribution in [0.1, 0.15) is 0 Å². The first-order valence-electron chi connectivity index (χ1n) is 5.67. The quantitative estimate of drug-likeness (QED) is 0.731. The number of aromatic nitrogens is 4. The Morgan fingerprint density at radius 2 is 2.10 bits per heavy atom. The molecule has 0 atom stereocenters. The van der Waals surface area contributed by atoms with E-state index in [1.807, 2.05) is 0 Å². The van der Waals surface area contributed by atoms with Crippen molar-refractivity contribution in [1.82, 2.24) is 19.7 Å². The maximum Gasteiger partial charge on any atom is 0.163 e. The van der Waals surface area contributed by atoms with Crippen molar-refractivity contribution in [3.8, 4) is 11.3 Å². The zero-order valence-electron chi connectivity index (χ0n) is 10.4. The number of halogens is 1. The van der Waals surface area contributed by atoms with Crippen LogP contribution in [0.15, 0.2) is 29.7 Å². The highest BCUT2D eigenvalue weighted by Crippen LogP contribution is 2.33. The summed E-state index contributed by atoms with van der Waals surface area (Å²) in [6.45, 7) is 0. The van der Waals surface area contributed by atoms with E-state index in [2.05, 4.69) is 20.2 Å². The van der Waals surface area contributed by atoms with E-state index < -0.39 is 0 Å². The predicted octanol–water partition coefficient (Wildman–Crippen LogP) is 2.66. The van der Waals surface area contributed by atoms with E-state index in [-0.39, 0.29) is 5.69 Å². The van der Waals surface area contributed by atoms with Crippen molar-refractivity contribution in [3.63, 3.8) is 0 Å². The molecule has 0 saturated heterocycles. The van der Waals surface area contributed by atoms with Crippen LogP contribution in [0.4, 0.5) is 11.5 Å². The van der Waals surface area contributed by atoms with Crippen LogP contribution < -0.4 is 5.73 Å². The second-order valence-electron chi connectivity index (χ2n) is 4.22. The average molecular weight is 289 g/mol. The molecule has 100 valence electrons. The molecule has 20 heavy (non-hydrogen) atoms. The highest BCUT2D eigenvalue weighted by atomic mass is 35.5. The van der Waals surface area contributed by atoms with Gasteiger partial charge in [-0.2, -0.15) is 5.10 Å². The summed E-state index contributed by atoms with van der Waals surface area (Å²) >= 11 is 5.98. The molecular formula is C12H9ClN6O. The SMILES string of the molecule is Cn1nc(-c2cc(Cl)cc(N=O)c2)c2c(N)ncnc21. The second-order valence-corrected chi connectivity index (χ2v) is 4.66. The molecule has 0 saturated carbocycles. The van der Waals surface area contributed by atoms with Crippen LogP contribution in [-0.2, 0) is 7.05 Å².